The summed E-state index contributed by atoms with van der Waals surface area (Å²) in [4.78, 5) is 2.29. The zero-order valence-electron chi connectivity index (χ0n) is 4.85. The van der Waals surface area contributed by atoms with Crippen molar-refractivity contribution in [1.82, 2.24) is 4.90 Å². The van der Waals surface area contributed by atoms with E-state index < -0.39 is 0 Å². The molecule has 1 heterocycles. The van der Waals surface area contributed by atoms with E-state index in [-0.39, 0.29) is 0 Å². The van der Waals surface area contributed by atoms with Gasteiger partial charge in [0.2, 0.25) is 0 Å². The van der Waals surface area contributed by atoms with E-state index in [1.807, 2.05) is 0 Å². The van der Waals surface area contributed by atoms with Crippen molar-refractivity contribution in [3.8, 4) is 0 Å². The van der Waals surface area contributed by atoms with Crippen LogP contribution in [0.5, 0.6) is 0 Å². The summed E-state index contributed by atoms with van der Waals surface area (Å²) in [5.41, 5.74) is 0. The van der Waals surface area contributed by atoms with E-state index in [4.69, 9.17) is 0 Å². The van der Waals surface area contributed by atoms with Crippen LogP contribution in [0.1, 0.15) is 12.8 Å². The molecule has 1 heteroatoms. The lowest BCUT2D eigenvalue weighted by molar-refractivity contribution is 0.355. The summed E-state index contributed by atoms with van der Waals surface area (Å²) in [7, 11) is 2.13. The van der Waals surface area contributed by atoms with Crippen molar-refractivity contribution in [3.63, 3.8) is 0 Å². The van der Waals surface area contributed by atoms with Gasteiger partial charge in [0.05, 0.1) is 0 Å². The van der Waals surface area contributed by atoms with Crippen molar-refractivity contribution in [3.05, 3.63) is 6.92 Å². The Morgan fingerprint density at radius 1 is 1.71 bits per heavy atom. The molecule has 0 aromatic heterocycles. The number of rotatable bonds is 0. The van der Waals surface area contributed by atoms with Crippen LogP contribution in [0, 0.1) is 6.92 Å². The van der Waals surface area contributed by atoms with Crippen LogP contribution in [0.4, 0.5) is 0 Å². The summed E-state index contributed by atoms with van der Waals surface area (Å²) in [5.74, 6) is 0. The highest BCUT2D eigenvalue weighted by molar-refractivity contribution is 4.77. The lowest BCUT2D eigenvalue weighted by atomic mass is 10.3. The Morgan fingerprint density at radius 3 is 2.57 bits per heavy atom. The van der Waals surface area contributed by atoms with E-state index in [2.05, 4.69) is 18.9 Å². The van der Waals surface area contributed by atoms with Gasteiger partial charge in [-0.2, -0.15) is 0 Å². The first-order valence-electron chi connectivity index (χ1n) is 2.84. The van der Waals surface area contributed by atoms with Crippen LogP contribution in [0.15, 0.2) is 0 Å². The first-order chi connectivity index (χ1) is 3.30. The Morgan fingerprint density at radius 2 is 2.43 bits per heavy atom. The Kier molecular flexibility index (Phi) is 1.33. The molecule has 1 rings (SSSR count). The van der Waals surface area contributed by atoms with Crippen LogP contribution in [-0.4, -0.2) is 24.5 Å². The molecule has 0 spiro atoms. The molecule has 0 aromatic carbocycles. The van der Waals surface area contributed by atoms with Crippen LogP contribution >= 0.6 is 0 Å². The molecule has 0 saturated carbocycles. The normalized spacial score (nSPS) is 34.3. The van der Waals surface area contributed by atoms with Crippen LogP contribution in [-0.2, 0) is 0 Å². The van der Waals surface area contributed by atoms with Gasteiger partial charge in [0.1, 0.15) is 0 Å². The molecule has 1 saturated heterocycles. The van der Waals surface area contributed by atoms with Crippen LogP contribution < -0.4 is 0 Å². The molecule has 7 heavy (non-hydrogen) atoms. The third-order valence-electron chi connectivity index (χ3n) is 1.67. The van der Waals surface area contributed by atoms with Gasteiger partial charge in [-0.3, -0.25) is 0 Å². The number of hydrogen-bond donors (Lipinski definition) is 0. The molecule has 0 bridgehead atoms. The minimum atomic E-state index is 0.597. The average Bonchev–Trinajstić information content (AvgIpc) is 1.91. The van der Waals surface area contributed by atoms with Crippen LogP contribution in [0.3, 0.4) is 0 Å². The van der Waals surface area contributed by atoms with E-state index in [0.717, 1.165) is 0 Å². The first-order valence-corrected chi connectivity index (χ1v) is 2.84. The second-order valence-corrected chi connectivity index (χ2v) is 2.28. The van der Waals surface area contributed by atoms with Crippen molar-refractivity contribution >= 4 is 0 Å². The summed E-state index contributed by atoms with van der Waals surface area (Å²) in [5, 5.41) is 0. The Balaban J connectivity index is 2.33. The second-order valence-electron chi connectivity index (χ2n) is 2.28. The quantitative estimate of drug-likeness (QED) is 0.407. The third kappa shape index (κ3) is 0.942. The van der Waals surface area contributed by atoms with Crippen molar-refractivity contribution in [2.45, 2.75) is 18.9 Å². The molecule has 1 nitrogen and oxygen atoms in total. The SMILES string of the molecule is [CH2-]C1CCCN1C. The van der Waals surface area contributed by atoms with Crippen LogP contribution in [0.25, 0.3) is 0 Å². The van der Waals surface area contributed by atoms with Crippen molar-refractivity contribution in [1.29, 1.82) is 0 Å². The van der Waals surface area contributed by atoms with E-state index in [9.17, 15) is 0 Å². The Labute approximate surface area is 45.3 Å². The van der Waals surface area contributed by atoms with Crippen molar-refractivity contribution < 1.29 is 0 Å². The Hall–Kier alpha value is -0.0400. The fourth-order valence-corrected chi connectivity index (χ4v) is 0.979. The van der Waals surface area contributed by atoms with Gasteiger partial charge in [-0.25, -0.2) is 0 Å². The molecular weight excluding hydrogens is 86.1 g/mol. The fraction of sp³-hybridized carbons (Fsp3) is 0.833. The molecule has 0 radical (unpaired) electrons. The highest BCUT2D eigenvalue weighted by atomic mass is 15.1. The summed E-state index contributed by atoms with van der Waals surface area (Å²) in [6, 6.07) is 0.597. The predicted molar refractivity (Wildman–Crippen MR) is 31.0 cm³/mol. The minimum absolute atomic E-state index is 0.597. The number of nitrogens with zero attached hydrogens (tertiary/aromatic N) is 1. The highest BCUT2D eigenvalue weighted by Gasteiger charge is 2.08. The number of likely N-dealkylation sites (tertiary alicyclic amines) is 1. The van der Waals surface area contributed by atoms with Crippen molar-refractivity contribution in [2.24, 2.45) is 0 Å². The Bertz CT molecular complexity index is 53.2. The van der Waals surface area contributed by atoms with E-state index in [1.165, 1.54) is 19.4 Å². The van der Waals surface area contributed by atoms with E-state index in [1.54, 1.807) is 0 Å². The highest BCUT2D eigenvalue weighted by Crippen LogP contribution is 2.11. The van der Waals surface area contributed by atoms with E-state index >= 15 is 0 Å². The topological polar surface area (TPSA) is 3.24 Å². The molecule has 0 amide bonds. The molecule has 1 aliphatic rings. The van der Waals surface area contributed by atoms with Crippen LogP contribution in [0.2, 0.25) is 0 Å². The standard InChI is InChI=1S/C6H12N/c1-6-4-3-5-7(6)2/h6H,1,3-5H2,2H3/q-1. The molecular formula is C6H12N-. The van der Waals surface area contributed by atoms with E-state index in [0.29, 0.717) is 6.04 Å². The maximum Gasteiger partial charge on any atom is -0.00479 e. The van der Waals surface area contributed by atoms with Gasteiger partial charge in [0, 0.05) is 0 Å². The molecule has 1 aliphatic heterocycles. The predicted octanol–water partition coefficient (Wildman–Crippen LogP) is 0.915. The summed E-state index contributed by atoms with van der Waals surface area (Å²) in [6.07, 6.45) is 2.63. The van der Waals surface area contributed by atoms with Crippen molar-refractivity contribution in [2.75, 3.05) is 13.6 Å². The van der Waals surface area contributed by atoms with Gasteiger partial charge < -0.3 is 11.8 Å². The fourth-order valence-electron chi connectivity index (χ4n) is 0.979. The average molecular weight is 98.2 g/mol. The molecule has 0 N–H and O–H groups in total. The summed E-state index contributed by atoms with van der Waals surface area (Å²) < 4.78 is 0. The maximum atomic E-state index is 3.94. The monoisotopic (exact) mass is 98.1 g/mol. The van der Waals surface area contributed by atoms with Gasteiger partial charge >= 0.3 is 0 Å². The molecule has 1 atom stereocenters. The lowest BCUT2D eigenvalue weighted by Gasteiger charge is -2.19. The zero-order valence-corrected chi connectivity index (χ0v) is 4.85. The smallest absolute Gasteiger partial charge is 0.00479 e. The van der Waals surface area contributed by atoms with Gasteiger partial charge in [-0.1, -0.05) is 6.42 Å². The van der Waals surface area contributed by atoms with Gasteiger partial charge in [-0.05, 0) is 20.0 Å². The molecule has 1 fully saturated rings. The second kappa shape index (κ2) is 1.83. The molecule has 0 aromatic rings. The first kappa shape index (κ1) is 5.10. The number of hydrogen-bond acceptors (Lipinski definition) is 1. The largest absolute Gasteiger partial charge is 0.333 e. The lowest BCUT2D eigenvalue weighted by Crippen LogP contribution is -2.21. The molecule has 42 valence electrons. The summed E-state index contributed by atoms with van der Waals surface area (Å²) in [6.45, 7) is 5.19. The minimum Gasteiger partial charge on any atom is -0.333 e. The van der Waals surface area contributed by atoms with Gasteiger partial charge in [0.15, 0.2) is 0 Å². The van der Waals surface area contributed by atoms with Gasteiger partial charge in [0.25, 0.3) is 0 Å². The maximum absolute atomic E-state index is 3.94. The molecule has 0 aliphatic carbocycles. The zero-order chi connectivity index (χ0) is 5.28. The van der Waals surface area contributed by atoms with Gasteiger partial charge in [-0.15, -0.1) is 6.04 Å². The third-order valence-corrected chi connectivity index (χ3v) is 1.67. The summed E-state index contributed by atoms with van der Waals surface area (Å²) >= 11 is 0. The molecule has 1 unspecified atom stereocenters.